The maximum absolute atomic E-state index is 12.3. The van der Waals surface area contributed by atoms with Crippen LogP contribution in [0.2, 0.25) is 0 Å². The summed E-state index contributed by atoms with van der Waals surface area (Å²) in [4.78, 5) is 24.4. The van der Waals surface area contributed by atoms with Gasteiger partial charge in [0.1, 0.15) is 5.60 Å². The minimum absolute atomic E-state index is 0.157. The summed E-state index contributed by atoms with van der Waals surface area (Å²) in [6, 6.07) is 7.42. The topological polar surface area (TPSA) is 95.9 Å². The van der Waals surface area contributed by atoms with Crippen LogP contribution in [-0.2, 0) is 11.2 Å². The van der Waals surface area contributed by atoms with Gasteiger partial charge in [0.05, 0.1) is 18.8 Å². The molecule has 0 saturated carbocycles. The second kappa shape index (κ2) is 12.7. The number of aliphatic hydroxyl groups excluding tert-OH is 2. The number of nitrogens with one attached hydrogen (secondary N) is 1. The molecule has 0 heterocycles. The van der Waals surface area contributed by atoms with Crippen molar-refractivity contribution in [3.63, 3.8) is 0 Å². The molecule has 6 nitrogen and oxygen atoms in total. The maximum Gasteiger partial charge on any atom is 0.408 e. The number of Topliss-reactive ketones (excluding diaryl/α,β-unsaturated/α-hetero) is 1. The van der Waals surface area contributed by atoms with E-state index in [0.717, 1.165) is 18.4 Å². The second-order valence-electron chi connectivity index (χ2n) is 9.01. The molecule has 30 heavy (non-hydrogen) atoms. The highest BCUT2D eigenvalue weighted by Gasteiger charge is 2.32. The second-order valence-corrected chi connectivity index (χ2v) is 9.01. The molecule has 170 valence electrons. The van der Waals surface area contributed by atoms with E-state index in [9.17, 15) is 19.8 Å². The van der Waals surface area contributed by atoms with E-state index in [1.54, 1.807) is 20.8 Å². The van der Waals surface area contributed by atoms with Crippen molar-refractivity contribution < 1.29 is 24.5 Å². The molecule has 0 aliphatic rings. The molecular formula is C24H39NO5. The van der Waals surface area contributed by atoms with Crippen molar-refractivity contribution in [1.82, 2.24) is 5.32 Å². The van der Waals surface area contributed by atoms with Crippen LogP contribution in [0, 0.1) is 0 Å². The predicted molar refractivity (Wildman–Crippen MR) is 119 cm³/mol. The van der Waals surface area contributed by atoms with Crippen LogP contribution in [0.4, 0.5) is 4.79 Å². The van der Waals surface area contributed by atoms with Crippen molar-refractivity contribution in [2.75, 3.05) is 13.2 Å². The summed E-state index contributed by atoms with van der Waals surface area (Å²) in [5.41, 5.74) is -0.169. The Hall–Kier alpha value is -1.92. The number of carbonyl (C=O) groups is 2. The number of aryl methyl sites for hydroxylation is 1. The third-order valence-electron chi connectivity index (χ3n) is 5.05. The largest absolute Gasteiger partial charge is 0.444 e. The van der Waals surface area contributed by atoms with E-state index in [2.05, 4.69) is 12.2 Å². The van der Waals surface area contributed by atoms with Gasteiger partial charge in [0.25, 0.3) is 0 Å². The fourth-order valence-corrected chi connectivity index (χ4v) is 3.14. The zero-order chi connectivity index (χ0) is 22.6. The van der Waals surface area contributed by atoms with E-state index in [0.29, 0.717) is 24.8 Å². The van der Waals surface area contributed by atoms with E-state index in [1.807, 2.05) is 24.3 Å². The van der Waals surface area contributed by atoms with E-state index in [1.165, 1.54) is 19.3 Å². The number of amides is 1. The summed E-state index contributed by atoms with van der Waals surface area (Å²) in [5.74, 6) is 0.157. The number of hydrogen-bond donors (Lipinski definition) is 3. The molecule has 6 heteroatoms. The Morgan fingerprint density at radius 1 is 0.967 bits per heavy atom. The molecule has 0 radical (unpaired) electrons. The third-order valence-corrected chi connectivity index (χ3v) is 5.05. The van der Waals surface area contributed by atoms with Crippen LogP contribution in [0.3, 0.4) is 0 Å². The zero-order valence-corrected chi connectivity index (χ0v) is 19.0. The molecule has 0 unspecified atom stereocenters. The summed E-state index contributed by atoms with van der Waals surface area (Å²) in [7, 11) is 0. The van der Waals surface area contributed by atoms with Crippen molar-refractivity contribution in [1.29, 1.82) is 0 Å². The molecule has 3 N–H and O–H groups in total. The number of alkyl carbamates (subject to hydrolysis) is 1. The molecule has 0 aliphatic heterocycles. The van der Waals surface area contributed by atoms with Gasteiger partial charge in [-0.25, -0.2) is 4.79 Å². The summed E-state index contributed by atoms with van der Waals surface area (Å²) in [6.07, 6.45) is 6.36. The van der Waals surface area contributed by atoms with Crippen molar-refractivity contribution in [2.24, 2.45) is 0 Å². The lowest BCUT2D eigenvalue weighted by atomic mass is 9.92. The highest BCUT2D eigenvalue weighted by Crippen LogP contribution is 2.18. The van der Waals surface area contributed by atoms with Gasteiger partial charge in [0, 0.05) is 12.0 Å². The number of rotatable bonds is 13. The number of ether oxygens (including phenoxy) is 1. The first kappa shape index (κ1) is 26.1. The fourth-order valence-electron chi connectivity index (χ4n) is 3.14. The lowest BCUT2D eigenvalue weighted by Crippen LogP contribution is -2.55. The monoisotopic (exact) mass is 421 g/mol. The van der Waals surface area contributed by atoms with E-state index in [4.69, 9.17) is 4.74 Å². The van der Waals surface area contributed by atoms with Gasteiger partial charge in [-0.05, 0) is 45.6 Å². The Morgan fingerprint density at radius 2 is 1.57 bits per heavy atom. The van der Waals surface area contributed by atoms with Crippen LogP contribution in [0.5, 0.6) is 0 Å². The van der Waals surface area contributed by atoms with Gasteiger partial charge in [0.2, 0.25) is 0 Å². The first-order valence-corrected chi connectivity index (χ1v) is 11.0. The standard InChI is InChI=1S/C24H39NO5/c1-5-6-7-8-9-10-21(28)20-13-11-19(12-14-20)15-16-24(17-26,18-27)25-22(29)30-23(2,3)4/h11-14,26-27H,5-10,15-18H2,1-4H3,(H,25,29). The Balaban J connectivity index is 2.60. The van der Waals surface area contributed by atoms with Gasteiger partial charge in [-0.2, -0.15) is 0 Å². The third kappa shape index (κ3) is 9.72. The van der Waals surface area contributed by atoms with Crippen molar-refractivity contribution in [3.8, 4) is 0 Å². The molecule has 0 saturated heterocycles. The summed E-state index contributed by atoms with van der Waals surface area (Å²) < 4.78 is 5.24. The fraction of sp³-hybridized carbons (Fsp3) is 0.667. The number of benzene rings is 1. The molecule has 1 aromatic carbocycles. The minimum atomic E-state index is -1.17. The molecule has 0 atom stereocenters. The minimum Gasteiger partial charge on any atom is -0.444 e. The van der Waals surface area contributed by atoms with Gasteiger partial charge in [-0.3, -0.25) is 4.79 Å². The first-order valence-electron chi connectivity index (χ1n) is 11.0. The normalized spacial score (nSPS) is 11.9. The molecule has 0 fully saturated rings. The van der Waals surface area contributed by atoms with Crippen LogP contribution in [0.1, 0.15) is 88.6 Å². The van der Waals surface area contributed by atoms with Gasteiger partial charge in [-0.1, -0.05) is 56.9 Å². The molecule has 0 bridgehead atoms. The van der Waals surface area contributed by atoms with E-state index >= 15 is 0 Å². The highest BCUT2D eigenvalue weighted by molar-refractivity contribution is 5.96. The molecule has 1 aromatic rings. The van der Waals surface area contributed by atoms with Gasteiger partial charge >= 0.3 is 6.09 Å². The quantitative estimate of drug-likeness (QED) is 0.324. The number of hydrogen-bond acceptors (Lipinski definition) is 5. The van der Waals surface area contributed by atoms with Crippen LogP contribution < -0.4 is 5.32 Å². The predicted octanol–water partition coefficient (Wildman–Crippen LogP) is 4.41. The van der Waals surface area contributed by atoms with Gasteiger partial charge in [-0.15, -0.1) is 0 Å². The Bertz CT molecular complexity index is 645. The average molecular weight is 422 g/mol. The van der Waals surface area contributed by atoms with Crippen LogP contribution in [0.15, 0.2) is 24.3 Å². The molecule has 0 aliphatic carbocycles. The van der Waals surface area contributed by atoms with Crippen molar-refractivity contribution in [3.05, 3.63) is 35.4 Å². The lowest BCUT2D eigenvalue weighted by molar-refractivity contribution is 0.0276. The van der Waals surface area contributed by atoms with Gasteiger partial charge in [0.15, 0.2) is 5.78 Å². The number of unbranched alkanes of at least 4 members (excludes halogenated alkanes) is 4. The molecular weight excluding hydrogens is 382 g/mol. The van der Waals surface area contributed by atoms with Crippen LogP contribution in [-0.4, -0.2) is 46.4 Å². The number of carbonyl (C=O) groups excluding carboxylic acids is 2. The number of ketones is 1. The summed E-state index contributed by atoms with van der Waals surface area (Å²) >= 11 is 0. The van der Waals surface area contributed by atoms with Crippen molar-refractivity contribution >= 4 is 11.9 Å². The Morgan fingerprint density at radius 3 is 2.10 bits per heavy atom. The van der Waals surface area contributed by atoms with E-state index in [-0.39, 0.29) is 5.78 Å². The molecule has 0 spiro atoms. The first-order chi connectivity index (χ1) is 14.1. The van der Waals surface area contributed by atoms with E-state index < -0.39 is 30.4 Å². The maximum atomic E-state index is 12.3. The number of aliphatic hydroxyl groups is 2. The summed E-state index contributed by atoms with van der Waals surface area (Å²) in [5, 5.41) is 22.2. The Labute approximate surface area is 181 Å². The van der Waals surface area contributed by atoms with Crippen LogP contribution >= 0.6 is 0 Å². The van der Waals surface area contributed by atoms with Gasteiger partial charge < -0.3 is 20.3 Å². The lowest BCUT2D eigenvalue weighted by Gasteiger charge is -2.32. The van der Waals surface area contributed by atoms with Crippen LogP contribution in [0.25, 0.3) is 0 Å². The Kier molecular flexibility index (Phi) is 11.1. The zero-order valence-electron chi connectivity index (χ0n) is 19.0. The summed E-state index contributed by atoms with van der Waals surface area (Å²) in [6.45, 7) is 6.61. The average Bonchev–Trinajstić information content (AvgIpc) is 2.70. The smallest absolute Gasteiger partial charge is 0.408 e. The molecule has 1 rings (SSSR count). The molecule has 1 amide bonds. The molecule has 0 aromatic heterocycles. The van der Waals surface area contributed by atoms with Crippen molar-refractivity contribution in [2.45, 2.75) is 90.2 Å². The highest BCUT2D eigenvalue weighted by atomic mass is 16.6. The SMILES string of the molecule is CCCCCCCC(=O)c1ccc(CCC(CO)(CO)NC(=O)OC(C)(C)C)cc1.